The van der Waals surface area contributed by atoms with E-state index in [9.17, 15) is 4.79 Å². The molecule has 4 rings (SSSR count). The van der Waals surface area contributed by atoms with Gasteiger partial charge in [0.15, 0.2) is 0 Å². The van der Waals surface area contributed by atoms with E-state index >= 15 is 0 Å². The fourth-order valence-corrected chi connectivity index (χ4v) is 3.27. The summed E-state index contributed by atoms with van der Waals surface area (Å²) in [4.78, 5) is 15.4. The number of hydrogen-bond donors (Lipinski definition) is 1. The van der Waals surface area contributed by atoms with Crippen LogP contribution in [0.3, 0.4) is 0 Å². The van der Waals surface area contributed by atoms with E-state index in [1.54, 1.807) is 0 Å². The highest BCUT2D eigenvalue weighted by Crippen LogP contribution is 2.25. The van der Waals surface area contributed by atoms with Crippen LogP contribution < -0.4 is 10.7 Å². The first-order valence-corrected chi connectivity index (χ1v) is 8.36. The number of nitrogens with one attached hydrogen (secondary N) is 1. The van der Waals surface area contributed by atoms with Gasteiger partial charge in [-0.15, -0.1) is 0 Å². The molecular weight excluding hydrogens is 300 g/mol. The Morgan fingerprint density at radius 3 is 2.46 bits per heavy atom. The average Bonchev–Trinajstić information content (AvgIpc) is 2.64. The number of piperazine rings is 1. The summed E-state index contributed by atoms with van der Waals surface area (Å²) in [5.74, 6) is 0.756. The molecule has 4 heteroatoms. The van der Waals surface area contributed by atoms with E-state index in [1.165, 1.54) is 0 Å². The lowest BCUT2D eigenvalue weighted by Crippen LogP contribution is -2.43. The molecule has 0 saturated carbocycles. The first-order chi connectivity index (χ1) is 11.8. The van der Waals surface area contributed by atoms with Crippen LogP contribution in [0.15, 0.2) is 63.8 Å². The number of rotatable bonds is 3. The third-order valence-electron chi connectivity index (χ3n) is 4.51. The normalized spacial score (nSPS) is 15.7. The minimum Gasteiger partial charge on any atom is -0.459 e. The van der Waals surface area contributed by atoms with Crippen LogP contribution in [0.1, 0.15) is 5.76 Å². The molecular formula is C20H20N2O2. The predicted octanol–water partition coefficient (Wildman–Crippen LogP) is 2.87. The minimum absolute atomic E-state index is 0.0492. The Bertz CT molecular complexity index is 896. The zero-order valence-electron chi connectivity index (χ0n) is 13.5. The molecule has 4 nitrogen and oxygen atoms in total. The van der Waals surface area contributed by atoms with Gasteiger partial charge < -0.3 is 9.73 Å². The van der Waals surface area contributed by atoms with Crippen LogP contribution in [0, 0.1) is 0 Å². The van der Waals surface area contributed by atoms with E-state index in [-0.39, 0.29) is 5.43 Å². The van der Waals surface area contributed by atoms with Crippen molar-refractivity contribution in [3.8, 4) is 11.1 Å². The number of benzene rings is 2. The lowest BCUT2D eigenvalue weighted by atomic mass is 10.0. The largest absolute Gasteiger partial charge is 0.459 e. The zero-order valence-corrected chi connectivity index (χ0v) is 13.5. The van der Waals surface area contributed by atoms with Gasteiger partial charge in [-0.2, -0.15) is 0 Å². The SMILES string of the molecule is O=c1c(-c2ccccc2)c(CN2CCNCC2)oc2ccccc12. The molecule has 0 atom stereocenters. The molecule has 0 aliphatic carbocycles. The molecule has 0 amide bonds. The molecule has 24 heavy (non-hydrogen) atoms. The summed E-state index contributed by atoms with van der Waals surface area (Å²) in [7, 11) is 0. The highest BCUT2D eigenvalue weighted by Gasteiger charge is 2.19. The average molecular weight is 320 g/mol. The number of nitrogens with zero attached hydrogens (tertiary/aromatic N) is 1. The molecule has 3 aromatic rings. The molecule has 0 spiro atoms. The van der Waals surface area contributed by atoms with E-state index in [4.69, 9.17) is 4.42 Å². The Morgan fingerprint density at radius 1 is 0.958 bits per heavy atom. The Morgan fingerprint density at radius 2 is 1.67 bits per heavy atom. The van der Waals surface area contributed by atoms with Crippen LogP contribution in [0.25, 0.3) is 22.1 Å². The summed E-state index contributed by atoms with van der Waals surface area (Å²) < 4.78 is 6.17. The molecule has 1 saturated heterocycles. The monoisotopic (exact) mass is 320 g/mol. The molecule has 122 valence electrons. The summed E-state index contributed by atoms with van der Waals surface area (Å²) in [5, 5.41) is 3.99. The van der Waals surface area contributed by atoms with Gasteiger partial charge >= 0.3 is 0 Å². The molecule has 0 bridgehead atoms. The molecule has 1 aliphatic rings. The van der Waals surface area contributed by atoms with Gasteiger partial charge in [0.25, 0.3) is 0 Å². The lowest BCUT2D eigenvalue weighted by Gasteiger charge is -2.27. The first kappa shape index (κ1) is 15.1. The van der Waals surface area contributed by atoms with E-state index < -0.39 is 0 Å². The lowest BCUT2D eigenvalue weighted by molar-refractivity contribution is 0.217. The molecule has 2 aromatic carbocycles. The first-order valence-electron chi connectivity index (χ1n) is 8.36. The van der Waals surface area contributed by atoms with Gasteiger partial charge in [-0.05, 0) is 17.7 Å². The molecule has 0 unspecified atom stereocenters. The topological polar surface area (TPSA) is 45.5 Å². The van der Waals surface area contributed by atoms with E-state index in [0.29, 0.717) is 23.1 Å². The summed E-state index contributed by atoms with van der Waals surface area (Å²) >= 11 is 0. The van der Waals surface area contributed by atoms with Crippen molar-refractivity contribution in [3.05, 3.63) is 70.6 Å². The van der Waals surface area contributed by atoms with Crippen LogP contribution in [-0.2, 0) is 6.54 Å². The molecule has 2 heterocycles. The van der Waals surface area contributed by atoms with Crippen LogP contribution in [0.4, 0.5) is 0 Å². The number of hydrogen-bond acceptors (Lipinski definition) is 4. The summed E-state index contributed by atoms with van der Waals surface area (Å²) in [6.07, 6.45) is 0. The molecule has 1 N–H and O–H groups in total. The maximum absolute atomic E-state index is 13.1. The Labute approximate surface area is 140 Å². The van der Waals surface area contributed by atoms with Crippen molar-refractivity contribution in [2.75, 3.05) is 26.2 Å². The number of para-hydroxylation sites is 1. The smallest absolute Gasteiger partial charge is 0.200 e. The zero-order chi connectivity index (χ0) is 16.4. The predicted molar refractivity (Wildman–Crippen MR) is 96.1 cm³/mol. The fraction of sp³-hybridized carbons (Fsp3) is 0.250. The van der Waals surface area contributed by atoms with Gasteiger partial charge in [0.1, 0.15) is 11.3 Å². The second-order valence-electron chi connectivity index (χ2n) is 6.12. The van der Waals surface area contributed by atoms with Gasteiger partial charge in [-0.25, -0.2) is 0 Å². The summed E-state index contributed by atoms with van der Waals surface area (Å²) in [5.41, 5.74) is 2.32. The quantitative estimate of drug-likeness (QED) is 0.806. The maximum atomic E-state index is 13.1. The van der Waals surface area contributed by atoms with E-state index in [1.807, 2.05) is 54.6 Å². The van der Waals surface area contributed by atoms with Crippen molar-refractivity contribution in [2.24, 2.45) is 0 Å². The van der Waals surface area contributed by atoms with Crippen molar-refractivity contribution >= 4 is 11.0 Å². The highest BCUT2D eigenvalue weighted by atomic mass is 16.3. The van der Waals surface area contributed by atoms with Crippen LogP contribution in [0.5, 0.6) is 0 Å². The fourth-order valence-electron chi connectivity index (χ4n) is 3.27. The van der Waals surface area contributed by atoms with Gasteiger partial charge in [-0.3, -0.25) is 9.69 Å². The van der Waals surface area contributed by atoms with Gasteiger partial charge in [-0.1, -0.05) is 42.5 Å². The Hall–Kier alpha value is -2.43. The molecule has 1 aliphatic heterocycles. The third kappa shape index (κ3) is 2.86. The van der Waals surface area contributed by atoms with Crippen molar-refractivity contribution in [3.63, 3.8) is 0 Å². The van der Waals surface area contributed by atoms with Gasteiger partial charge in [0.05, 0.1) is 17.5 Å². The molecule has 1 fully saturated rings. The van der Waals surface area contributed by atoms with Crippen LogP contribution in [-0.4, -0.2) is 31.1 Å². The summed E-state index contributed by atoms with van der Waals surface area (Å²) in [6, 6.07) is 17.3. The van der Waals surface area contributed by atoms with Gasteiger partial charge in [0.2, 0.25) is 5.43 Å². The van der Waals surface area contributed by atoms with E-state index in [0.717, 1.165) is 37.5 Å². The second-order valence-corrected chi connectivity index (χ2v) is 6.12. The van der Waals surface area contributed by atoms with E-state index in [2.05, 4.69) is 10.2 Å². The second kappa shape index (κ2) is 6.59. The Kier molecular flexibility index (Phi) is 4.15. The number of fused-ring (bicyclic) bond motifs is 1. The van der Waals surface area contributed by atoms with Crippen molar-refractivity contribution in [1.29, 1.82) is 0 Å². The molecule has 1 aromatic heterocycles. The third-order valence-corrected chi connectivity index (χ3v) is 4.51. The van der Waals surface area contributed by atoms with Crippen LogP contribution in [0.2, 0.25) is 0 Å². The summed E-state index contributed by atoms with van der Waals surface area (Å²) in [6.45, 7) is 4.53. The molecule has 0 radical (unpaired) electrons. The van der Waals surface area contributed by atoms with Crippen molar-refractivity contribution in [2.45, 2.75) is 6.54 Å². The standard InChI is InChI=1S/C20H20N2O2/c23-20-16-8-4-5-9-17(16)24-18(14-22-12-10-21-11-13-22)19(20)15-6-2-1-3-7-15/h1-9,21H,10-14H2. The van der Waals surface area contributed by atoms with Crippen LogP contribution >= 0.6 is 0 Å². The maximum Gasteiger partial charge on any atom is 0.200 e. The van der Waals surface area contributed by atoms with Gasteiger partial charge in [0, 0.05) is 26.2 Å². The minimum atomic E-state index is 0.0492. The van der Waals surface area contributed by atoms with Crippen molar-refractivity contribution in [1.82, 2.24) is 10.2 Å². The Balaban J connectivity index is 1.88. The van der Waals surface area contributed by atoms with Crippen molar-refractivity contribution < 1.29 is 4.42 Å². The highest BCUT2D eigenvalue weighted by molar-refractivity contribution is 5.82.